The molecular formula is C20H20N2O4S. The summed E-state index contributed by atoms with van der Waals surface area (Å²) in [6.07, 6.45) is 1.57. The molecule has 0 saturated carbocycles. The van der Waals surface area contributed by atoms with Crippen LogP contribution < -0.4 is 0 Å². The van der Waals surface area contributed by atoms with Gasteiger partial charge in [-0.15, -0.1) is 11.3 Å². The molecule has 7 heteroatoms. The Labute approximate surface area is 161 Å². The number of thiazole rings is 1. The molecule has 0 N–H and O–H groups in total. The normalized spacial score (nSPS) is 11.8. The first-order valence-electron chi connectivity index (χ1n) is 8.44. The van der Waals surface area contributed by atoms with E-state index in [2.05, 4.69) is 4.98 Å². The number of furan rings is 1. The fourth-order valence-corrected chi connectivity index (χ4v) is 3.76. The van der Waals surface area contributed by atoms with Crippen LogP contribution in [0.1, 0.15) is 16.6 Å². The first kappa shape index (κ1) is 18.8. The van der Waals surface area contributed by atoms with Gasteiger partial charge >= 0.3 is 5.97 Å². The van der Waals surface area contributed by atoms with Gasteiger partial charge in [-0.05, 0) is 12.1 Å². The van der Waals surface area contributed by atoms with Crippen LogP contribution in [0, 0.1) is 5.92 Å². The van der Waals surface area contributed by atoms with Crippen molar-refractivity contribution in [2.24, 2.45) is 5.92 Å². The van der Waals surface area contributed by atoms with Crippen molar-refractivity contribution >= 4 is 23.2 Å². The van der Waals surface area contributed by atoms with Crippen LogP contribution >= 0.6 is 11.3 Å². The molecule has 0 aliphatic rings. The highest BCUT2D eigenvalue weighted by Crippen LogP contribution is 2.34. The predicted molar refractivity (Wildman–Crippen MR) is 103 cm³/mol. The fraction of sp³-hybridized carbons (Fsp3) is 0.250. The molecule has 27 heavy (non-hydrogen) atoms. The molecule has 3 rings (SSSR count). The second-order valence-electron chi connectivity index (χ2n) is 6.15. The summed E-state index contributed by atoms with van der Waals surface area (Å²) >= 11 is 1.28. The van der Waals surface area contributed by atoms with Crippen molar-refractivity contribution in [1.82, 2.24) is 9.88 Å². The molecule has 0 bridgehead atoms. The number of rotatable bonds is 6. The molecule has 1 aromatic carbocycles. The van der Waals surface area contributed by atoms with E-state index in [1.165, 1.54) is 23.3 Å². The van der Waals surface area contributed by atoms with Gasteiger partial charge in [-0.3, -0.25) is 9.59 Å². The fourth-order valence-electron chi connectivity index (χ4n) is 2.71. The molecule has 140 valence electrons. The molecule has 1 atom stereocenters. The maximum Gasteiger partial charge on any atom is 0.310 e. The summed E-state index contributed by atoms with van der Waals surface area (Å²) in [6.45, 7) is 1.99. The Balaban J connectivity index is 1.95. The number of hydrogen-bond donors (Lipinski definition) is 0. The molecule has 0 saturated heterocycles. The number of ether oxygens (including phenoxy) is 1. The standard InChI is InChI=1S/C20H20N2O4S/c1-13(20(24)25-3)12-22(2)19(23)17-16(14-8-5-4-6-9-14)21-18(27-17)15-10-7-11-26-15/h4-11,13H,12H2,1-3H3. The van der Waals surface area contributed by atoms with Gasteiger partial charge in [0.2, 0.25) is 0 Å². The van der Waals surface area contributed by atoms with Crippen molar-refractivity contribution in [2.45, 2.75) is 6.92 Å². The average molecular weight is 384 g/mol. The Kier molecular flexibility index (Phi) is 5.71. The molecular weight excluding hydrogens is 364 g/mol. The molecule has 2 heterocycles. The Morgan fingerprint density at radius 3 is 2.59 bits per heavy atom. The summed E-state index contributed by atoms with van der Waals surface area (Å²) in [5.74, 6) is -0.346. The number of esters is 1. The second kappa shape index (κ2) is 8.18. The van der Waals surface area contributed by atoms with E-state index in [0.717, 1.165) is 5.56 Å². The Hall–Kier alpha value is -2.93. The van der Waals surface area contributed by atoms with Crippen LogP contribution in [-0.2, 0) is 9.53 Å². The van der Waals surface area contributed by atoms with Crippen molar-refractivity contribution in [3.8, 4) is 22.0 Å². The monoisotopic (exact) mass is 384 g/mol. The second-order valence-corrected chi connectivity index (χ2v) is 7.15. The molecule has 6 nitrogen and oxygen atoms in total. The lowest BCUT2D eigenvalue weighted by Gasteiger charge is -2.20. The molecule has 0 aliphatic heterocycles. The van der Waals surface area contributed by atoms with E-state index in [9.17, 15) is 9.59 Å². The lowest BCUT2D eigenvalue weighted by molar-refractivity contribution is -0.145. The van der Waals surface area contributed by atoms with E-state index in [4.69, 9.17) is 9.15 Å². The van der Waals surface area contributed by atoms with E-state index in [-0.39, 0.29) is 18.4 Å². The first-order chi connectivity index (χ1) is 13.0. The van der Waals surface area contributed by atoms with Gasteiger partial charge in [-0.1, -0.05) is 37.3 Å². The number of carbonyl (C=O) groups is 2. The molecule has 0 radical (unpaired) electrons. The third-order valence-electron chi connectivity index (χ3n) is 4.10. The van der Waals surface area contributed by atoms with Gasteiger partial charge in [0.25, 0.3) is 5.91 Å². The Morgan fingerprint density at radius 1 is 1.22 bits per heavy atom. The maximum atomic E-state index is 13.1. The lowest BCUT2D eigenvalue weighted by Crippen LogP contribution is -2.34. The summed E-state index contributed by atoms with van der Waals surface area (Å²) in [4.78, 5) is 31.4. The summed E-state index contributed by atoms with van der Waals surface area (Å²) in [5, 5.41) is 0.636. The number of methoxy groups -OCH3 is 1. The number of nitrogens with zero attached hydrogens (tertiary/aromatic N) is 2. The van der Waals surface area contributed by atoms with E-state index < -0.39 is 5.92 Å². The lowest BCUT2D eigenvalue weighted by atomic mass is 10.1. The van der Waals surface area contributed by atoms with E-state index in [1.54, 1.807) is 26.3 Å². The number of amides is 1. The van der Waals surface area contributed by atoms with E-state index in [0.29, 0.717) is 21.3 Å². The van der Waals surface area contributed by atoms with Gasteiger partial charge in [-0.25, -0.2) is 4.98 Å². The van der Waals surface area contributed by atoms with Crippen molar-refractivity contribution in [3.05, 3.63) is 53.6 Å². The van der Waals surface area contributed by atoms with Crippen molar-refractivity contribution < 1.29 is 18.7 Å². The van der Waals surface area contributed by atoms with Gasteiger partial charge in [0.15, 0.2) is 10.8 Å². The summed E-state index contributed by atoms with van der Waals surface area (Å²) in [5.41, 5.74) is 1.46. The van der Waals surface area contributed by atoms with E-state index >= 15 is 0 Å². The first-order valence-corrected chi connectivity index (χ1v) is 9.26. The van der Waals surface area contributed by atoms with E-state index in [1.807, 2.05) is 36.4 Å². The van der Waals surface area contributed by atoms with Gasteiger partial charge in [-0.2, -0.15) is 0 Å². The molecule has 3 aromatic rings. The van der Waals surface area contributed by atoms with Crippen LogP contribution in [-0.4, -0.2) is 42.5 Å². The summed E-state index contributed by atoms with van der Waals surface area (Å²) in [6, 6.07) is 13.1. The highest BCUT2D eigenvalue weighted by Gasteiger charge is 2.26. The van der Waals surface area contributed by atoms with Gasteiger partial charge in [0, 0.05) is 19.2 Å². The highest BCUT2D eigenvalue weighted by atomic mass is 32.1. The van der Waals surface area contributed by atoms with Crippen LogP contribution in [0.15, 0.2) is 53.1 Å². The summed E-state index contributed by atoms with van der Waals surface area (Å²) in [7, 11) is 3.01. The molecule has 2 aromatic heterocycles. The highest BCUT2D eigenvalue weighted by molar-refractivity contribution is 7.17. The van der Waals surface area contributed by atoms with Crippen molar-refractivity contribution in [1.29, 1.82) is 0 Å². The number of aromatic nitrogens is 1. The molecule has 0 aliphatic carbocycles. The third-order valence-corrected chi connectivity index (χ3v) is 5.16. The Bertz CT molecular complexity index is 919. The molecule has 1 unspecified atom stereocenters. The zero-order valence-electron chi connectivity index (χ0n) is 15.3. The molecule has 0 fully saturated rings. The van der Waals surface area contributed by atoms with Crippen LogP contribution in [0.25, 0.3) is 22.0 Å². The van der Waals surface area contributed by atoms with Crippen LogP contribution in [0.3, 0.4) is 0 Å². The number of carbonyl (C=O) groups excluding carboxylic acids is 2. The minimum atomic E-state index is -0.415. The predicted octanol–water partition coefficient (Wildman–Crippen LogP) is 3.95. The largest absolute Gasteiger partial charge is 0.469 e. The van der Waals surface area contributed by atoms with Crippen LogP contribution in [0.4, 0.5) is 0 Å². The maximum absolute atomic E-state index is 13.1. The topological polar surface area (TPSA) is 72.6 Å². The van der Waals surface area contributed by atoms with Gasteiger partial charge in [0.1, 0.15) is 4.88 Å². The van der Waals surface area contributed by atoms with Gasteiger partial charge in [0.05, 0.1) is 25.0 Å². The summed E-state index contributed by atoms with van der Waals surface area (Å²) < 4.78 is 10.2. The van der Waals surface area contributed by atoms with Crippen LogP contribution in [0.5, 0.6) is 0 Å². The average Bonchev–Trinajstić information content (AvgIpc) is 3.36. The number of hydrogen-bond acceptors (Lipinski definition) is 6. The van der Waals surface area contributed by atoms with Crippen LogP contribution in [0.2, 0.25) is 0 Å². The smallest absolute Gasteiger partial charge is 0.310 e. The van der Waals surface area contributed by atoms with Crippen molar-refractivity contribution in [3.63, 3.8) is 0 Å². The number of benzene rings is 1. The Morgan fingerprint density at radius 2 is 1.96 bits per heavy atom. The SMILES string of the molecule is COC(=O)C(C)CN(C)C(=O)c1sc(-c2ccco2)nc1-c1ccccc1. The quantitative estimate of drug-likeness (QED) is 0.602. The van der Waals surface area contributed by atoms with Gasteiger partial charge < -0.3 is 14.1 Å². The zero-order valence-corrected chi connectivity index (χ0v) is 16.2. The minimum absolute atomic E-state index is 0.195. The van der Waals surface area contributed by atoms with Crippen molar-refractivity contribution in [2.75, 3.05) is 20.7 Å². The molecule has 1 amide bonds. The minimum Gasteiger partial charge on any atom is -0.469 e. The third kappa shape index (κ3) is 4.09. The zero-order chi connectivity index (χ0) is 19.4. The molecule has 0 spiro atoms.